The maximum Gasteiger partial charge on any atom is 0.234 e. The van der Waals surface area contributed by atoms with Crippen molar-refractivity contribution in [1.29, 1.82) is 0 Å². The van der Waals surface area contributed by atoms with E-state index in [0.29, 0.717) is 25.3 Å². The van der Waals surface area contributed by atoms with E-state index in [2.05, 4.69) is 5.32 Å². The molecule has 1 aromatic rings. The molecule has 1 heterocycles. The van der Waals surface area contributed by atoms with Gasteiger partial charge in [-0.15, -0.1) is 0 Å². The monoisotopic (exact) mass is 296 g/mol. The highest BCUT2D eigenvalue weighted by Gasteiger charge is 2.16. The third kappa shape index (κ3) is 4.41. The van der Waals surface area contributed by atoms with Crippen molar-refractivity contribution in [2.45, 2.75) is 13.0 Å². The van der Waals surface area contributed by atoms with E-state index < -0.39 is 5.82 Å². The molecule has 1 amide bonds. The Kier molecular flexibility index (Phi) is 5.52. The lowest BCUT2D eigenvalue weighted by Crippen LogP contribution is -2.43. The highest BCUT2D eigenvalue weighted by Crippen LogP contribution is 2.21. The lowest BCUT2D eigenvalue weighted by molar-refractivity contribution is -0.123. The lowest BCUT2D eigenvalue weighted by Gasteiger charge is -2.26. The predicted molar refractivity (Wildman–Crippen MR) is 76.8 cm³/mol. The van der Waals surface area contributed by atoms with Gasteiger partial charge >= 0.3 is 0 Å². The minimum absolute atomic E-state index is 0.0689. The van der Waals surface area contributed by atoms with Crippen LogP contribution >= 0.6 is 0 Å². The van der Waals surface area contributed by atoms with Crippen LogP contribution in [0.4, 0.5) is 4.39 Å². The molecule has 0 spiro atoms. The van der Waals surface area contributed by atoms with Crippen LogP contribution in [-0.2, 0) is 9.53 Å². The van der Waals surface area contributed by atoms with Crippen molar-refractivity contribution < 1.29 is 18.7 Å². The molecule has 1 aliphatic rings. The lowest BCUT2D eigenvalue weighted by atomic mass is 10.1. The van der Waals surface area contributed by atoms with Gasteiger partial charge in [-0.1, -0.05) is 6.07 Å². The number of hydrogen-bond acceptors (Lipinski definition) is 4. The summed E-state index contributed by atoms with van der Waals surface area (Å²) in [5.41, 5.74) is 0.712. The molecule has 0 unspecified atom stereocenters. The summed E-state index contributed by atoms with van der Waals surface area (Å²) in [6.07, 6.45) is 0. The molecule has 0 bridgehead atoms. The Bertz CT molecular complexity index is 490. The Hall–Kier alpha value is -1.66. The van der Waals surface area contributed by atoms with Gasteiger partial charge in [0.15, 0.2) is 11.6 Å². The van der Waals surface area contributed by atoms with Gasteiger partial charge in [-0.05, 0) is 24.6 Å². The molecule has 21 heavy (non-hydrogen) atoms. The van der Waals surface area contributed by atoms with E-state index in [1.54, 1.807) is 12.1 Å². The Labute approximate surface area is 124 Å². The number of nitrogens with zero attached hydrogens (tertiary/aromatic N) is 1. The molecule has 116 valence electrons. The van der Waals surface area contributed by atoms with Crippen LogP contribution in [0, 0.1) is 5.82 Å². The van der Waals surface area contributed by atoms with Gasteiger partial charge in [0.25, 0.3) is 0 Å². The van der Waals surface area contributed by atoms with Crippen molar-refractivity contribution in [2.75, 3.05) is 40.0 Å². The maximum absolute atomic E-state index is 13.7. The second-order valence-corrected chi connectivity index (χ2v) is 5.07. The highest BCUT2D eigenvalue weighted by atomic mass is 19.1. The van der Waals surface area contributed by atoms with E-state index in [-0.39, 0.29) is 17.7 Å². The number of nitrogens with one attached hydrogen (secondary N) is 1. The zero-order valence-electron chi connectivity index (χ0n) is 12.4. The van der Waals surface area contributed by atoms with Crippen LogP contribution < -0.4 is 10.1 Å². The normalized spacial score (nSPS) is 17.3. The number of rotatable bonds is 5. The number of methoxy groups -OCH3 is 1. The van der Waals surface area contributed by atoms with E-state index in [9.17, 15) is 9.18 Å². The molecule has 0 aromatic heterocycles. The fraction of sp³-hybridized carbons (Fsp3) is 0.533. The van der Waals surface area contributed by atoms with Gasteiger partial charge < -0.3 is 14.8 Å². The largest absolute Gasteiger partial charge is 0.494 e. The van der Waals surface area contributed by atoms with Crippen LogP contribution in [0.15, 0.2) is 18.2 Å². The second-order valence-electron chi connectivity index (χ2n) is 5.07. The van der Waals surface area contributed by atoms with Crippen LogP contribution in [0.2, 0.25) is 0 Å². The molecule has 6 heteroatoms. The SMILES string of the molecule is COc1ccc([C@@H](C)NC(=O)CN2CCOCC2)cc1F. The van der Waals surface area contributed by atoms with Gasteiger partial charge in [-0.2, -0.15) is 0 Å². The molecule has 5 nitrogen and oxygen atoms in total. The van der Waals surface area contributed by atoms with E-state index in [0.717, 1.165) is 13.1 Å². The summed E-state index contributed by atoms with van der Waals surface area (Å²) in [5, 5.41) is 2.88. The van der Waals surface area contributed by atoms with Crippen LogP contribution in [-0.4, -0.2) is 50.8 Å². The summed E-state index contributed by atoms with van der Waals surface area (Å²) in [6, 6.07) is 4.45. The minimum Gasteiger partial charge on any atom is -0.494 e. The smallest absolute Gasteiger partial charge is 0.234 e. The number of benzene rings is 1. The van der Waals surface area contributed by atoms with Crippen molar-refractivity contribution >= 4 is 5.91 Å². The van der Waals surface area contributed by atoms with Crippen LogP contribution in [0.5, 0.6) is 5.75 Å². The van der Waals surface area contributed by atoms with Gasteiger partial charge in [-0.25, -0.2) is 4.39 Å². The maximum atomic E-state index is 13.7. The average Bonchev–Trinajstić information content (AvgIpc) is 2.48. The molecular weight excluding hydrogens is 275 g/mol. The van der Waals surface area contributed by atoms with Gasteiger partial charge in [0.2, 0.25) is 5.91 Å². The summed E-state index contributed by atoms with van der Waals surface area (Å²) in [4.78, 5) is 14.0. The molecule has 1 aliphatic heterocycles. The summed E-state index contributed by atoms with van der Waals surface area (Å²) in [7, 11) is 1.42. The molecule has 1 saturated heterocycles. The fourth-order valence-corrected chi connectivity index (χ4v) is 2.28. The van der Waals surface area contributed by atoms with E-state index >= 15 is 0 Å². The zero-order chi connectivity index (χ0) is 15.2. The summed E-state index contributed by atoms with van der Waals surface area (Å²) < 4.78 is 23.8. The van der Waals surface area contributed by atoms with Crippen molar-refractivity contribution in [3.63, 3.8) is 0 Å². The van der Waals surface area contributed by atoms with Gasteiger partial charge in [0.05, 0.1) is 32.9 Å². The van der Waals surface area contributed by atoms with Crippen molar-refractivity contribution in [3.05, 3.63) is 29.6 Å². The number of carbonyl (C=O) groups excluding carboxylic acids is 1. The predicted octanol–water partition coefficient (Wildman–Crippen LogP) is 1.34. The molecule has 0 saturated carbocycles. The molecule has 0 radical (unpaired) electrons. The standard InChI is InChI=1S/C15H21FN2O3/c1-11(12-3-4-14(20-2)13(16)9-12)17-15(19)10-18-5-7-21-8-6-18/h3-4,9,11H,5-8,10H2,1-2H3,(H,17,19)/t11-/m1/s1. The molecule has 1 N–H and O–H groups in total. The first-order valence-electron chi connectivity index (χ1n) is 7.03. The summed E-state index contributed by atoms with van der Waals surface area (Å²) >= 11 is 0. The quantitative estimate of drug-likeness (QED) is 0.891. The Balaban J connectivity index is 1.89. The Morgan fingerprint density at radius 1 is 1.48 bits per heavy atom. The zero-order valence-corrected chi connectivity index (χ0v) is 12.4. The van der Waals surface area contributed by atoms with Crippen LogP contribution in [0.1, 0.15) is 18.5 Å². The summed E-state index contributed by atoms with van der Waals surface area (Å²) in [5.74, 6) is -0.296. The molecule has 1 fully saturated rings. The van der Waals surface area contributed by atoms with Crippen molar-refractivity contribution in [1.82, 2.24) is 10.2 Å². The third-order valence-corrected chi connectivity index (χ3v) is 3.52. The summed E-state index contributed by atoms with van der Waals surface area (Å²) in [6.45, 7) is 5.02. The molecule has 0 aliphatic carbocycles. The number of ether oxygens (including phenoxy) is 2. The number of hydrogen-bond donors (Lipinski definition) is 1. The van der Waals surface area contributed by atoms with E-state index in [1.807, 2.05) is 11.8 Å². The van der Waals surface area contributed by atoms with Gasteiger partial charge in [0.1, 0.15) is 0 Å². The fourth-order valence-electron chi connectivity index (χ4n) is 2.28. The highest BCUT2D eigenvalue weighted by molar-refractivity contribution is 5.78. The van der Waals surface area contributed by atoms with Crippen molar-refractivity contribution in [2.24, 2.45) is 0 Å². The molecule has 2 rings (SSSR count). The molecule has 1 atom stereocenters. The van der Waals surface area contributed by atoms with Crippen LogP contribution in [0.3, 0.4) is 0 Å². The van der Waals surface area contributed by atoms with E-state index in [1.165, 1.54) is 13.2 Å². The van der Waals surface area contributed by atoms with Gasteiger partial charge in [0, 0.05) is 13.1 Å². The molecular formula is C15H21FN2O3. The number of amides is 1. The number of carbonyl (C=O) groups is 1. The molecule has 1 aromatic carbocycles. The Morgan fingerprint density at radius 2 is 2.19 bits per heavy atom. The Morgan fingerprint density at radius 3 is 2.81 bits per heavy atom. The number of morpholine rings is 1. The number of halogens is 1. The van der Waals surface area contributed by atoms with Gasteiger partial charge in [-0.3, -0.25) is 9.69 Å². The topological polar surface area (TPSA) is 50.8 Å². The first kappa shape index (κ1) is 15.7. The van der Waals surface area contributed by atoms with Crippen LogP contribution in [0.25, 0.3) is 0 Å². The van der Waals surface area contributed by atoms with E-state index in [4.69, 9.17) is 9.47 Å². The second kappa shape index (κ2) is 7.38. The average molecular weight is 296 g/mol. The third-order valence-electron chi connectivity index (χ3n) is 3.52. The first-order chi connectivity index (χ1) is 10.1. The van der Waals surface area contributed by atoms with Crippen molar-refractivity contribution in [3.8, 4) is 5.75 Å². The minimum atomic E-state index is -0.427. The first-order valence-corrected chi connectivity index (χ1v) is 7.03.